The van der Waals surface area contributed by atoms with E-state index >= 15 is 0 Å². The van der Waals surface area contributed by atoms with Crippen molar-refractivity contribution < 1.29 is 4.74 Å². The molecule has 0 radical (unpaired) electrons. The summed E-state index contributed by atoms with van der Waals surface area (Å²) in [5.74, 6) is 2.88. The van der Waals surface area contributed by atoms with Gasteiger partial charge in [0, 0.05) is 48.4 Å². The SMILES string of the molecule is CC.CN1CCCC1.COc1nc(N2CCCC(C3CCCNC3)C2)c2c(c1C#N)CN(c1cccc3cccc(Cl)c13)CC2. The fourth-order valence-corrected chi connectivity index (χ4v) is 7.88. The van der Waals surface area contributed by atoms with Gasteiger partial charge in [0.1, 0.15) is 17.5 Å². The van der Waals surface area contributed by atoms with Gasteiger partial charge in [-0.15, -0.1) is 0 Å². The molecule has 2 aromatic carbocycles. The Morgan fingerprint density at radius 3 is 2.36 bits per heavy atom. The number of nitrogens with one attached hydrogen (secondary N) is 1. The molecule has 3 aromatic rings. The van der Waals surface area contributed by atoms with Crippen LogP contribution in [-0.2, 0) is 13.0 Å². The molecule has 0 aliphatic carbocycles. The number of methoxy groups -OCH3 is 1. The van der Waals surface area contributed by atoms with Crippen molar-refractivity contribution in [3.05, 3.63) is 58.1 Å². The van der Waals surface area contributed by atoms with Gasteiger partial charge in [0.05, 0.1) is 12.1 Å². The molecule has 8 heteroatoms. The molecule has 4 aliphatic rings. The molecular formula is C37H51ClN6O. The van der Waals surface area contributed by atoms with Crippen molar-refractivity contribution in [3.63, 3.8) is 0 Å². The van der Waals surface area contributed by atoms with E-state index in [9.17, 15) is 5.26 Å². The average molecular weight is 631 g/mol. The van der Waals surface area contributed by atoms with Gasteiger partial charge in [0.25, 0.3) is 0 Å². The van der Waals surface area contributed by atoms with Crippen LogP contribution < -0.4 is 19.9 Å². The number of anilines is 2. The van der Waals surface area contributed by atoms with E-state index < -0.39 is 0 Å². The number of hydrogen-bond acceptors (Lipinski definition) is 7. The van der Waals surface area contributed by atoms with Crippen molar-refractivity contribution in [3.8, 4) is 11.9 Å². The third-order valence-electron chi connectivity index (χ3n) is 9.90. The largest absolute Gasteiger partial charge is 0.480 e. The van der Waals surface area contributed by atoms with Crippen LogP contribution in [0.25, 0.3) is 10.8 Å². The lowest BCUT2D eigenvalue weighted by atomic mass is 9.81. The highest BCUT2D eigenvalue weighted by molar-refractivity contribution is 6.36. The summed E-state index contributed by atoms with van der Waals surface area (Å²) in [5, 5.41) is 16.7. The van der Waals surface area contributed by atoms with Crippen LogP contribution in [-0.4, -0.2) is 69.9 Å². The molecule has 0 spiro atoms. The second kappa shape index (κ2) is 16.0. The summed E-state index contributed by atoms with van der Waals surface area (Å²) in [6.07, 6.45) is 8.72. The molecule has 0 saturated carbocycles. The van der Waals surface area contributed by atoms with Crippen LogP contribution in [0.2, 0.25) is 5.02 Å². The van der Waals surface area contributed by atoms with E-state index in [0.29, 0.717) is 23.9 Å². The minimum absolute atomic E-state index is 0.440. The van der Waals surface area contributed by atoms with E-state index in [2.05, 4.69) is 57.4 Å². The molecule has 7 rings (SSSR count). The molecule has 3 fully saturated rings. The Bertz CT molecular complexity index is 1450. The first-order chi connectivity index (χ1) is 22.1. The maximum atomic E-state index is 10.2. The number of fused-ring (bicyclic) bond motifs is 2. The highest BCUT2D eigenvalue weighted by Crippen LogP contribution is 2.40. The summed E-state index contributed by atoms with van der Waals surface area (Å²) in [6.45, 7) is 12.4. The van der Waals surface area contributed by atoms with E-state index in [-0.39, 0.29) is 0 Å². The Kier molecular flexibility index (Phi) is 11.8. The minimum atomic E-state index is 0.440. The number of ether oxygens (including phenoxy) is 1. The second-order valence-electron chi connectivity index (χ2n) is 12.6. The van der Waals surface area contributed by atoms with Crippen LogP contribution in [0.4, 0.5) is 11.5 Å². The maximum absolute atomic E-state index is 10.2. The number of halogens is 1. The van der Waals surface area contributed by atoms with Crippen molar-refractivity contribution in [2.45, 2.75) is 65.3 Å². The minimum Gasteiger partial charge on any atom is -0.480 e. The first-order valence-electron chi connectivity index (χ1n) is 17.1. The second-order valence-corrected chi connectivity index (χ2v) is 13.0. The molecule has 3 saturated heterocycles. The van der Waals surface area contributed by atoms with E-state index in [1.807, 2.05) is 26.0 Å². The monoisotopic (exact) mass is 630 g/mol. The van der Waals surface area contributed by atoms with Gasteiger partial charge in [0.15, 0.2) is 0 Å². The topological polar surface area (TPSA) is 67.7 Å². The average Bonchev–Trinajstić information content (AvgIpc) is 3.59. The number of hydrogen-bond donors (Lipinski definition) is 1. The van der Waals surface area contributed by atoms with Gasteiger partial charge in [-0.05, 0) is 108 Å². The Morgan fingerprint density at radius 1 is 0.933 bits per heavy atom. The fourth-order valence-electron chi connectivity index (χ4n) is 7.60. The zero-order valence-corrected chi connectivity index (χ0v) is 28.5. The van der Waals surface area contributed by atoms with Crippen LogP contribution >= 0.6 is 11.6 Å². The third-order valence-corrected chi connectivity index (χ3v) is 10.2. The van der Waals surface area contributed by atoms with Crippen LogP contribution in [0.15, 0.2) is 36.4 Å². The van der Waals surface area contributed by atoms with E-state index in [1.165, 1.54) is 57.2 Å². The lowest BCUT2D eigenvalue weighted by Gasteiger charge is -2.41. The number of rotatable bonds is 4. The van der Waals surface area contributed by atoms with Crippen molar-refractivity contribution in [2.24, 2.45) is 11.8 Å². The van der Waals surface area contributed by atoms with Crippen molar-refractivity contribution >= 4 is 33.9 Å². The summed E-state index contributed by atoms with van der Waals surface area (Å²) in [4.78, 5) is 12.2. The Balaban J connectivity index is 0.000000443. The molecule has 0 bridgehead atoms. The number of likely N-dealkylation sites (tertiary alicyclic amines) is 1. The predicted molar refractivity (Wildman–Crippen MR) is 188 cm³/mol. The van der Waals surface area contributed by atoms with Crippen molar-refractivity contribution in [1.82, 2.24) is 15.2 Å². The van der Waals surface area contributed by atoms with Gasteiger partial charge >= 0.3 is 0 Å². The fraction of sp³-hybridized carbons (Fsp3) is 0.568. The van der Waals surface area contributed by atoms with Gasteiger partial charge in [-0.2, -0.15) is 10.2 Å². The molecule has 7 nitrogen and oxygen atoms in total. The van der Waals surface area contributed by atoms with E-state index in [1.54, 1.807) is 7.11 Å². The first kappa shape index (κ1) is 33.3. The zero-order valence-electron chi connectivity index (χ0n) is 27.7. The third kappa shape index (κ3) is 7.51. The van der Waals surface area contributed by atoms with Crippen LogP contribution in [0.1, 0.15) is 69.1 Å². The summed E-state index contributed by atoms with van der Waals surface area (Å²) < 4.78 is 5.70. The maximum Gasteiger partial charge on any atom is 0.233 e. The summed E-state index contributed by atoms with van der Waals surface area (Å²) in [6, 6.07) is 14.8. The van der Waals surface area contributed by atoms with Gasteiger partial charge in [0.2, 0.25) is 5.88 Å². The van der Waals surface area contributed by atoms with Crippen LogP contribution in [0, 0.1) is 23.2 Å². The summed E-state index contributed by atoms with van der Waals surface area (Å²) in [5.41, 5.74) is 3.92. The summed E-state index contributed by atoms with van der Waals surface area (Å²) >= 11 is 6.67. The van der Waals surface area contributed by atoms with Crippen LogP contribution in [0.5, 0.6) is 5.88 Å². The standard InChI is InChI=1S/C30H34ClN5O.C5H11N.C2H6/c1-37-30-24(16-32)25-19-35(27-11-3-7-20-6-2-10-26(31)28(20)27)15-12-23(25)29(34-30)36-14-5-9-22(18-36)21-8-4-13-33-17-21;1-6-4-2-3-5-6;1-2/h2-3,6-7,10-11,21-22,33H,4-5,8-9,12-15,17-19H2,1H3;2-5H2,1H3;1-2H3. The molecule has 0 amide bonds. The normalized spacial score (nSPS) is 21.6. The molecule has 2 unspecified atom stereocenters. The van der Waals surface area contributed by atoms with Crippen LogP contribution in [0.3, 0.4) is 0 Å². The van der Waals surface area contributed by atoms with Gasteiger partial charge in [-0.3, -0.25) is 0 Å². The smallest absolute Gasteiger partial charge is 0.233 e. The molecular weight excluding hydrogens is 580 g/mol. The molecule has 1 N–H and O–H groups in total. The molecule has 45 heavy (non-hydrogen) atoms. The number of benzene rings is 2. The Morgan fingerprint density at radius 2 is 1.69 bits per heavy atom. The molecule has 242 valence electrons. The van der Waals surface area contributed by atoms with Crippen molar-refractivity contribution in [1.29, 1.82) is 5.26 Å². The number of piperidine rings is 2. The quantitative estimate of drug-likeness (QED) is 0.325. The highest BCUT2D eigenvalue weighted by atomic mass is 35.5. The molecule has 1 aromatic heterocycles. The predicted octanol–water partition coefficient (Wildman–Crippen LogP) is 7.29. The first-order valence-corrected chi connectivity index (χ1v) is 17.5. The van der Waals surface area contributed by atoms with Gasteiger partial charge < -0.3 is 24.8 Å². The lowest BCUT2D eigenvalue weighted by Crippen LogP contribution is -2.44. The number of nitriles is 1. The van der Waals surface area contributed by atoms with Gasteiger partial charge in [-0.1, -0.05) is 49.7 Å². The number of pyridine rings is 1. The zero-order chi connectivity index (χ0) is 31.8. The lowest BCUT2D eigenvalue weighted by molar-refractivity contribution is 0.233. The molecule has 5 heterocycles. The summed E-state index contributed by atoms with van der Waals surface area (Å²) in [7, 11) is 3.80. The Hall–Kier alpha value is -3.05. The van der Waals surface area contributed by atoms with E-state index in [0.717, 1.165) is 77.9 Å². The number of aromatic nitrogens is 1. The van der Waals surface area contributed by atoms with Crippen molar-refractivity contribution in [2.75, 3.05) is 69.8 Å². The Labute approximate surface area is 275 Å². The molecule has 2 atom stereocenters. The van der Waals surface area contributed by atoms with Gasteiger partial charge in [-0.25, -0.2) is 0 Å². The van der Waals surface area contributed by atoms with E-state index in [4.69, 9.17) is 21.3 Å². The molecule has 4 aliphatic heterocycles. The number of nitrogens with zero attached hydrogens (tertiary/aromatic N) is 5. The highest BCUT2D eigenvalue weighted by Gasteiger charge is 2.33.